The van der Waals surface area contributed by atoms with E-state index in [0.29, 0.717) is 6.04 Å². The first-order valence-corrected chi connectivity index (χ1v) is 10.7. The van der Waals surface area contributed by atoms with E-state index < -0.39 is 0 Å². The maximum absolute atomic E-state index is 5.22. The average Bonchev–Trinajstić information content (AvgIpc) is 2.76. The van der Waals surface area contributed by atoms with Crippen molar-refractivity contribution in [3.63, 3.8) is 0 Å². The summed E-state index contributed by atoms with van der Waals surface area (Å²) in [5.74, 6) is 1.83. The van der Waals surface area contributed by atoms with Crippen LogP contribution in [0.5, 0.6) is 5.75 Å². The predicted molar refractivity (Wildman–Crippen MR) is 121 cm³/mol. The molecule has 156 valence electrons. The molecule has 2 aromatic carbocycles. The van der Waals surface area contributed by atoms with Gasteiger partial charge >= 0.3 is 0 Å². The van der Waals surface area contributed by atoms with Gasteiger partial charge in [-0.05, 0) is 49.4 Å². The Bertz CT molecular complexity index is 737. The summed E-state index contributed by atoms with van der Waals surface area (Å²) in [4.78, 5) is 7.32. The first kappa shape index (κ1) is 21.2. The molecular formula is C24H34N4O. The zero-order valence-corrected chi connectivity index (χ0v) is 17.7. The minimum atomic E-state index is 0.487. The number of benzene rings is 2. The third kappa shape index (κ3) is 7.09. The number of aliphatic imine (C=N–C) groups is 1. The lowest BCUT2D eigenvalue weighted by Gasteiger charge is -2.33. The van der Waals surface area contributed by atoms with Gasteiger partial charge in [-0.3, -0.25) is 9.89 Å². The lowest BCUT2D eigenvalue weighted by atomic mass is 10.0. The molecule has 0 bridgehead atoms. The number of likely N-dealkylation sites (tertiary alicyclic amines) is 1. The first-order valence-electron chi connectivity index (χ1n) is 10.7. The first-order chi connectivity index (χ1) is 14.3. The third-order valence-electron chi connectivity index (χ3n) is 5.35. The molecule has 1 aliphatic heterocycles. The van der Waals surface area contributed by atoms with E-state index in [1.54, 1.807) is 7.11 Å². The van der Waals surface area contributed by atoms with E-state index in [-0.39, 0.29) is 0 Å². The third-order valence-corrected chi connectivity index (χ3v) is 5.35. The summed E-state index contributed by atoms with van der Waals surface area (Å²) in [6.07, 6.45) is 3.22. The molecule has 3 rings (SSSR count). The molecule has 5 heteroatoms. The average molecular weight is 395 g/mol. The molecule has 1 fully saturated rings. The quantitative estimate of drug-likeness (QED) is 0.532. The Morgan fingerprint density at radius 2 is 1.76 bits per heavy atom. The summed E-state index contributed by atoms with van der Waals surface area (Å²) < 4.78 is 5.22. The SMILES string of the molecule is CCNC(=NCCc1ccc(OC)cc1)NC1CCN(Cc2ccccc2)CC1. The van der Waals surface area contributed by atoms with Crippen LogP contribution >= 0.6 is 0 Å². The lowest BCUT2D eigenvalue weighted by molar-refractivity contribution is 0.198. The van der Waals surface area contributed by atoms with Crippen molar-refractivity contribution in [2.75, 3.05) is 33.3 Å². The summed E-state index contributed by atoms with van der Waals surface area (Å²) in [7, 11) is 1.69. The second kappa shape index (κ2) is 11.5. The molecule has 1 heterocycles. The fourth-order valence-electron chi connectivity index (χ4n) is 3.68. The molecule has 1 saturated heterocycles. The summed E-state index contributed by atoms with van der Waals surface area (Å²) in [6, 6.07) is 19.5. The van der Waals surface area contributed by atoms with E-state index in [0.717, 1.165) is 63.7 Å². The molecule has 5 nitrogen and oxygen atoms in total. The molecule has 0 unspecified atom stereocenters. The number of nitrogens with one attached hydrogen (secondary N) is 2. The van der Waals surface area contributed by atoms with E-state index in [9.17, 15) is 0 Å². The van der Waals surface area contributed by atoms with E-state index in [2.05, 4.69) is 64.9 Å². The Labute approximate surface area is 175 Å². The number of nitrogens with zero attached hydrogens (tertiary/aromatic N) is 2. The van der Waals surface area contributed by atoms with Gasteiger partial charge in [-0.15, -0.1) is 0 Å². The number of methoxy groups -OCH3 is 1. The number of piperidine rings is 1. The number of ether oxygens (including phenoxy) is 1. The molecular weight excluding hydrogens is 360 g/mol. The Hall–Kier alpha value is -2.53. The van der Waals surface area contributed by atoms with Gasteiger partial charge in [-0.1, -0.05) is 42.5 Å². The zero-order valence-electron chi connectivity index (χ0n) is 17.7. The summed E-state index contributed by atoms with van der Waals surface area (Å²) in [5.41, 5.74) is 2.67. The maximum Gasteiger partial charge on any atom is 0.191 e. The van der Waals surface area contributed by atoms with E-state index >= 15 is 0 Å². The van der Waals surface area contributed by atoms with Crippen LogP contribution in [0, 0.1) is 0 Å². The van der Waals surface area contributed by atoms with Crippen molar-refractivity contribution >= 4 is 5.96 Å². The predicted octanol–water partition coefficient (Wildman–Crippen LogP) is 3.46. The fraction of sp³-hybridized carbons (Fsp3) is 0.458. The van der Waals surface area contributed by atoms with Crippen molar-refractivity contribution in [3.8, 4) is 5.75 Å². The lowest BCUT2D eigenvalue weighted by Crippen LogP contribution is -2.48. The maximum atomic E-state index is 5.22. The molecule has 0 spiro atoms. The summed E-state index contributed by atoms with van der Waals surface area (Å²) >= 11 is 0. The van der Waals surface area contributed by atoms with Crippen LogP contribution in [0.4, 0.5) is 0 Å². The van der Waals surface area contributed by atoms with Crippen molar-refractivity contribution in [1.82, 2.24) is 15.5 Å². The highest BCUT2D eigenvalue weighted by Gasteiger charge is 2.19. The van der Waals surface area contributed by atoms with Crippen molar-refractivity contribution in [2.45, 2.75) is 38.8 Å². The van der Waals surface area contributed by atoms with Gasteiger partial charge < -0.3 is 15.4 Å². The number of guanidine groups is 1. The van der Waals surface area contributed by atoms with Crippen LogP contribution in [-0.4, -0.2) is 50.2 Å². The summed E-state index contributed by atoms with van der Waals surface area (Å²) in [6.45, 7) is 7.05. The number of hydrogen-bond acceptors (Lipinski definition) is 3. The topological polar surface area (TPSA) is 48.9 Å². The molecule has 0 saturated carbocycles. The van der Waals surface area contributed by atoms with E-state index in [1.165, 1.54) is 11.1 Å². The van der Waals surface area contributed by atoms with Crippen molar-refractivity contribution < 1.29 is 4.74 Å². The van der Waals surface area contributed by atoms with Gasteiger partial charge in [0.15, 0.2) is 5.96 Å². The molecule has 0 radical (unpaired) electrons. The molecule has 0 aliphatic carbocycles. The highest BCUT2D eigenvalue weighted by Crippen LogP contribution is 2.14. The van der Waals surface area contributed by atoms with Gasteiger partial charge in [0.2, 0.25) is 0 Å². The van der Waals surface area contributed by atoms with E-state index in [4.69, 9.17) is 9.73 Å². The Balaban J connectivity index is 1.44. The molecule has 0 aromatic heterocycles. The Kier molecular flexibility index (Phi) is 8.38. The monoisotopic (exact) mass is 394 g/mol. The van der Waals surface area contributed by atoms with Crippen LogP contribution < -0.4 is 15.4 Å². The molecule has 29 heavy (non-hydrogen) atoms. The second-order valence-corrected chi connectivity index (χ2v) is 7.54. The van der Waals surface area contributed by atoms with Crippen molar-refractivity contribution in [2.24, 2.45) is 4.99 Å². The Morgan fingerprint density at radius 1 is 1.03 bits per heavy atom. The van der Waals surface area contributed by atoms with Crippen molar-refractivity contribution in [3.05, 3.63) is 65.7 Å². The highest BCUT2D eigenvalue weighted by molar-refractivity contribution is 5.80. The highest BCUT2D eigenvalue weighted by atomic mass is 16.5. The van der Waals surface area contributed by atoms with Gasteiger partial charge in [-0.2, -0.15) is 0 Å². The van der Waals surface area contributed by atoms with Crippen molar-refractivity contribution in [1.29, 1.82) is 0 Å². The van der Waals surface area contributed by atoms with Gasteiger partial charge in [-0.25, -0.2) is 0 Å². The summed E-state index contributed by atoms with van der Waals surface area (Å²) in [5, 5.41) is 7.03. The second-order valence-electron chi connectivity index (χ2n) is 7.54. The smallest absolute Gasteiger partial charge is 0.191 e. The minimum absolute atomic E-state index is 0.487. The molecule has 2 N–H and O–H groups in total. The van der Waals surface area contributed by atoms with Gasteiger partial charge in [0.25, 0.3) is 0 Å². The van der Waals surface area contributed by atoms with E-state index in [1.807, 2.05) is 12.1 Å². The Morgan fingerprint density at radius 3 is 2.41 bits per heavy atom. The molecule has 1 aliphatic rings. The van der Waals surface area contributed by atoms with Gasteiger partial charge in [0, 0.05) is 38.8 Å². The number of rotatable bonds is 8. The van der Waals surface area contributed by atoms with Gasteiger partial charge in [0.05, 0.1) is 7.11 Å². The van der Waals surface area contributed by atoms with Crippen LogP contribution in [-0.2, 0) is 13.0 Å². The number of hydrogen-bond donors (Lipinski definition) is 2. The normalized spacial score (nSPS) is 15.9. The fourth-order valence-corrected chi connectivity index (χ4v) is 3.68. The van der Waals surface area contributed by atoms with Crippen LogP contribution in [0.3, 0.4) is 0 Å². The van der Waals surface area contributed by atoms with Gasteiger partial charge in [0.1, 0.15) is 5.75 Å². The van der Waals surface area contributed by atoms with Crippen LogP contribution in [0.15, 0.2) is 59.6 Å². The largest absolute Gasteiger partial charge is 0.497 e. The molecule has 2 aromatic rings. The zero-order chi connectivity index (χ0) is 20.3. The minimum Gasteiger partial charge on any atom is -0.497 e. The molecule has 0 atom stereocenters. The molecule has 0 amide bonds. The standard InChI is InChI=1S/C24H34N4O/c1-3-25-24(26-16-13-20-9-11-23(29-2)12-10-20)27-22-14-17-28(18-15-22)19-21-7-5-4-6-8-21/h4-12,22H,3,13-19H2,1-2H3,(H2,25,26,27). The van der Waals surface area contributed by atoms with Crippen LogP contribution in [0.1, 0.15) is 30.9 Å². The van der Waals surface area contributed by atoms with Crippen LogP contribution in [0.2, 0.25) is 0 Å². The van der Waals surface area contributed by atoms with Crippen LogP contribution in [0.25, 0.3) is 0 Å².